The van der Waals surface area contributed by atoms with Crippen LogP contribution in [0, 0.1) is 6.58 Å². The van der Waals surface area contributed by atoms with Crippen molar-refractivity contribution in [2.24, 2.45) is 0 Å². The first-order valence-electron chi connectivity index (χ1n) is 4.75. The first-order chi connectivity index (χ1) is 7.29. The molecule has 1 heteroatoms. The molecule has 1 N–H and O–H groups in total. The molecule has 0 bridgehead atoms. The Bertz CT molecular complexity index is 472. The van der Waals surface area contributed by atoms with E-state index in [-0.39, 0.29) is 5.75 Å². The van der Waals surface area contributed by atoms with Crippen molar-refractivity contribution in [3.63, 3.8) is 0 Å². The normalized spacial score (nSPS) is 9.87. The van der Waals surface area contributed by atoms with E-state index in [1.54, 1.807) is 18.2 Å². The Hall–Kier alpha value is -2.02. The van der Waals surface area contributed by atoms with Gasteiger partial charge in [0.05, 0.1) is 0 Å². The van der Waals surface area contributed by atoms with Gasteiger partial charge in [0.15, 0.2) is 0 Å². The molecule has 0 fully saturated rings. The fraction of sp³-hybridized carbons (Fsp3) is 0. The molecule has 0 saturated carbocycles. The molecule has 0 saturated heterocycles. The van der Waals surface area contributed by atoms with Gasteiger partial charge in [-0.05, 0) is 17.2 Å². The molecular formula is C14H11O. The summed E-state index contributed by atoms with van der Waals surface area (Å²) < 4.78 is 0. The number of para-hydroxylation sites is 1. The summed E-state index contributed by atoms with van der Waals surface area (Å²) in [6, 6.07) is 16.7. The number of hydrogen-bond donors (Lipinski definition) is 1. The van der Waals surface area contributed by atoms with Crippen molar-refractivity contribution in [1.82, 2.24) is 0 Å². The van der Waals surface area contributed by atoms with E-state index in [0.29, 0.717) is 11.1 Å². The van der Waals surface area contributed by atoms with Gasteiger partial charge in [0, 0.05) is 5.56 Å². The minimum absolute atomic E-state index is 0.207. The number of rotatable bonds is 2. The molecule has 0 unspecified atom stereocenters. The summed E-state index contributed by atoms with van der Waals surface area (Å²) >= 11 is 0. The van der Waals surface area contributed by atoms with E-state index < -0.39 is 0 Å². The van der Waals surface area contributed by atoms with Crippen LogP contribution in [0.3, 0.4) is 0 Å². The number of benzene rings is 2. The Morgan fingerprint density at radius 1 is 0.867 bits per heavy atom. The maximum atomic E-state index is 9.64. The van der Waals surface area contributed by atoms with Crippen LogP contribution in [0.4, 0.5) is 0 Å². The summed E-state index contributed by atoms with van der Waals surface area (Å²) in [7, 11) is 0. The van der Waals surface area contributed by atoms with E-state index in [4.69, 9.17) is 6.58 Å². The average molecular weight is 195 g/mol. The van der Waals surface area contributed by atoms with Crippen LogP contribution in [0.25, 0.3) is 5.57 Å². The van der Waals surface area contributed by atoms with E-state index in [2.05, 4.69) is 0 Å². The van der Waals surface area contributed by atoms with E-state index >= 15 is 0 Å². The van der Waals surface area contributed by atoms with Gasteiger partial charge in [0.2, 0.25) is 0 Å². The number of phenolic OH excluding ortho intramolecular Hbond substituents is 1. The molecule has 0 spiro atoms. The summed E-state index contributed by atoms with van der Waals surface area (Å²) in [6.07, 6.45) is 0. The fourth-order valence-electron chi connectivity index (χ4n) is 1.47. The van der Waals surface area contributed by atoms with Crippen LogP contribution in [0.5, 0.6) is 5.75 Å². The van der Waals surface area contributed by atoms with Crippen molar-refractivity contribution in [2.75, 3.05) is 0 Å². The van der Waals surface area contributed by atoms with Gasteiger partial charge < -0.3 is 5.11 Å². The van der Waals surface area contributed by atoms with Gasteiger partial charge in [0.25, 0.3) is 0 Å². The van der Waals surface area contributed by atoms with Gasteiger partial charge in [0.1, 0.15) is 5.75 Å². The molecule has 73 valence electrons. The third kappa shape index (κ3) is 1.91. The van der Waals surface area contributed by atoms with E-state index in [1.807, 2.05) is 36.4 Å². The Morgan fingerprint density at radius 2 is 1.47 bits per heavy atom. The van der Waals surface area contributed by atoms with Gasteiger partial charge in [-0.15, -0.1) is 0 Å². The highest BCUT2D eigenvalue weighted by Gasteiger charge is 2.05. The molecule has 15 heavy (non-hydrogen) atoms. The summed E-state index contributed by atoms with van der Waals surface area (Å²) in [5.74, 6) is 0.207. The molecule has 2 rings (SSSR count). The lowest BCUT2D eigenvalue weighted by molar-refractivity contribution is 0.473. The predicted octanol–water partition coefficient (Wildman–Crippen LogP) is 3.26. The van der Waals surface area contributed by atoms with Crippen LogP contribution in [0.15, 0.2) is 54.6 Å². The smallest absolute Gasteiger partial charge is 0.123 e. The third-order valence-electron chi connectivity index (χ3n) is 2.28. The summed E-state index contributed by atoms with van der Waals surface area (Å²) in [5.41, 5.74) is 2.18. The zero-order valence-electron chi connectivity index (χ0n) is 8.22. The quantitative estimate of drug-likeness (QED) is 0.779. The molecule has 1 nitrogen and oxygen atoms in total. The van der Waals surface area contributed by atoms with Crippen LogP contribution in [0.1, 0.15) is 11.1 Å². The fourth-order valence-corrected chi connectivity index (χ4v) is 1.47. The highest BCUT2D eigenvalue weighted by Crippen LogP contribution is 2.27. The Morgan fingerprint density at radius 3 is 2.13 bits per heavy atom. The molecular weight excluding hydrogens is 184 g/mol. The second-order valence-corrected chi connectivity index (χ2v) is 3.30. The number of phenols is 1. The average Bonchev–Trinajstić information content (AvgIpc) is 2.30. The van der Waals surface area contributed by atoms with Gasteiger partial charge in [-0.2, -0.15) is 0 Å². The van der Waals surface area contributed by atoms with E-state index in [0.717, 1.165) is 5.56 Å². The molecule has 0 heterocycles. The minimum Gasteiger partial charge on any atom is -0.507 e. The molecule has 0 aliphatic carbocycles. The number of hydrogen-bond acceptors (Lipinski definition) is 1. The van der Waals surface area contributed by atoms with Gasteiger partial charge in [-0.25, -0.2) is 0 Å². The first-order valence-corrected chi connectivity index (χ1v) is 4.75. The Kier molecular flexibility index (Phi) is 2.55. The third-order valence-corrected chi connectivity index (χ3v) is 2.28. The Balaban J connectivity index is 2.42. The van der Waals surface area contributed by atoms with Crippen LogP contribution >= 0.6 is 0 Å². The van der Waals surface area contributed by atoms with Crippen molar-refractivity contribution >= 4 is 5.57 Å². The van der Waals surface area contributed by atoms with E-state index in [1.165, 1.54) is 0 Å². The maximum Gasteiger partial charge on any atom is 0.123 e. The molecule has 2 aromatic rings. The van der Waals surface area contributed by atoms with Gasteiger partial charge in [-0.3, -0.25) is 0 Å². The lowest BCUT2D eigenvalue weighted by atomic mass is 9.99. The molecule has 0 aromatic heterocycles. The Labute approximate surface area is 89.3 Å². The zero-order valence-corrected chi connectivity index (χ0v) is 8.22. The molecule has 0 amide bonds. The highest BCUT2D eigenvalue weighted by atomic mass is 16.3. The van der Waals surface area contributed by atoms with Crippen molar-refractivity contribution in [3.05, 3.63) is 72.3 Å². The summed E-state index contributed by atoms with van der Waals surface area (Å²) in [4.78, 5) is 0. The van der Waals surface area contributed by atoms with Crippen LogP contribution in [-0.2, 0) is 0 Å². The second-order valence-electron chi connectivity index (χ2n) is 3.30. The van der Waals surface area contributed by atoms with Crippen molar-refractivity contribution in [3.8, 4) is 5.75 Å². The van der Waals surface area contributed by atoms with E-state index in [9.17, 15) is 5.11 Å². The minimum atomic E-state index is 0.207. The lowest BCUT2D eigenvalue weighted by Gasteiger charge is -2.07. The highest BCUT2D eigenvalue weighted by molar-refractivity contribution is 5.79. The SMILES string of the molecule is [CH]=C(c1ccccc1)c1ccccc1O. The standard InChI is InChI=1S/C14H11O/c1-11(12-7-3-2-4-8-12)13-9-5-6-10-14(13)15/h1-10,15H. The largest absolute Gasteiger partial charge is 0.507 e. The van der Waals surface area contributed by atoms with Crippen LogP contribution < -0.4 is 0 Å². The lowest BCUT2D eigenvalue weighted by Crippen LogP contribution is -1.86. The molecule has 2 aromatic carbocycles. The van der Waals surface area contributed by atoms with Crippen LogP contribution in [-0.4, -0.2) is 5.11 Å². The summed E-state index contributed by atoms with van der Waals surface area (Å²) in [5, 5.41) is 9.64. The van der Waals surface area contributed by atoms with Crippen molar-refractivity contribution < 1.29 is 5.11 Å². The molecule has 0 atom stereocenters. The van der Waals surface area contributed by atoms with Gasteiger partial charge in [-0.1, -0.05) is 55.1 Å². The van der Waals surface area contributed by atoms with Crippen LogP contribution in [0.2, 0.25) is 0 Å². The maximum absolute atomic E-state index is 9.64. The molecule has 1 radical (unpaired) electrons. The number of aromatic hydroxyl groups is 1. The zero-order chi connectivity index (χ0) is 10.7. The summed E-state index contributed by atoms with van der Waals surface area (Å²) in [6.45, 7) is 5.97. The molecule has 0 aliphatic heterocycles. The monoisotopic (exact) mass is 195 g/mol. The first kappa shape index (κ1) is 9.53. The predicted molar refractivity (Wildman–Crippen MR) is 61.4 cm³/mol. The second kappa shape index (κ2) is 4.01. The van der Waals surface area contributed by atoms with Gasteiger partial charge >= 0.3 is 0 Å². The van der Waals surface area contributed by atoms with Crippen molar-refractivity contribution in [1.29, 1.82) is 0 Å². The van der Waals surface area contributed by atoms with Crippen molar-refractivity contribution in [2.45, 2.75) is 0 Å². The topological polar surface area (TPSA) is 20.2 Å². The molecule has 0 aliphatic rings.